The second kappa shape index (κ2) is 10.6. The number of benzene rings is 3. The Morgan fingerprint density at radius 3 is 2.29 bits per heavy atom. The molecule has 4 rings (SSSR count). The van der Waals surface area contributed by atoms with Crippen LogP contribution < -0.4 is 10.0 Å². The number of sulfonamides is 1. The molecule has 0 radical (unpaired) electrons. The molecular weight excluding hydrogens is 458 g/mol. The van der Waals surface area contributed by atoms with Crippen LogP contribution in [0.5, 0.6) is 0 Å². The summed E-state index contributed by atoms with van der Waals surface area (Å²) in [4.78, 5) is 15.4. The first kappa shape index (κ1) is 24.9. The Balaban J connectivity index is 1.32. The quantitative estimate of drug-likeness (QED) is 0.472. The largest absolute Gasteiger partial charge is 0.326 e. The van der Waals surface area contributed by atoms with Crippen molar-refractivity contribution in [2.45, 2.75) is 45.1 Å². The van der Waals surface area contributed by atoms with Gasteiger partial charge in [-0.25, -0.2) is 8.42 Å². The molecule has 0 aliphatic carbocycles. The summed E-state index contributed by atoms with van der Waals surface area (Å²) in [6.45, 7) is 8.59. The molecule has 3 aromatic carbocycles. The van der Waals surface area contributed by atoms with Crippen molar-refractivity contribution in [1.29, 1.82) is 0 Å². The number of anilines is 2. The number of carbonyl (C=O) groups excluding carboxylic acids is 1. The Labute approximate surface area is 208 Å². The van der Waals surface area contributed by atoms with Gasteiger partial charge in [0.25, 0.3) is 10.0 Å². The predicted molar refractivity (Wildman–Crippen MR) is 141 cm³/mol. The highest BCUT2D eigenvalue weighted by Crippen LogP contribution is 2.24. The Kier molecular flexibility index (Phi) is 7.57. The minimum Gasteiger partial charge on any atom is -0.326 e. The van der Waals surface area contributed by atoms with Crippen LogP contribution >= 0.6 is 0 Å². The molecule has 7 heteroatoms. The molecule has 0 spiro atoms. The van der Waals surface area contributed by atoms with Crippen LogP contribution in [-0.2, 0) is 21.4 Å². The number of amides is 1. The normalized spacial score (nSPS) is 15.1. The maximum absolute atomic E-state index is 12.8. The number of piperidine rings is 1. The van der Waals surface area contributed by atoms with Crippen LogP contribution in [0.3, 0.4) is 0 Å². The van der Waals surface area contributed by atoms with Crippen LogP contribution in [0.15, 0.2) is 71.6 Å². The lowest BCUT2D eigenvalue weighted by molar-refractivity contribution is -0.121. The van der Waals surface area contributed by atoms with E-state index in [0.29, 0.717) is 11.4 Å². The smallest absolute Gasteiger partial charge is 0.261 e. The fourth-order valence-corrected chi connectivity index (χ4v) is 5.51. The highest BCUT2D eigenvalue weighted by Gasteiger charge is 2.25. The summed E-state index contributed by atoms with van der Waals surface area (Å²) >= 11 is 0. The molecule has 3 aromatic rings. The standard InChI is InChI=1S/C28H33N3O3S/c1-20-8-9-22(3)27(18-20)30-35(33,34)26-12-10-25(11-13-26)29-28(32)23-14-16-31(17-15-23)19-24-7-5-4-6-21(24)2/h4-13,18,23,30H,14-17,19H2,1-3H3,(H,29,32). The Hall–Kier alpha value is -3.16. The van der Waals surface area contributed by atoms with Gasteiger partial charge < -0.3 is 5.32 Å². The Bertz CT molecular complexity index is 1300. The zero-order chi connectivity index (χ0) is 25.0. The average molecular weight is 492 g/mol. The second-order valence-electron chi connectivity index (χ2n) is 9.41. The van der Waals surface area contributed by atoms with Gasteiger partial charge in [0.15, 0.2) is 0 Å². The zero-order valence-electron chi connectivity index (χ0n) is 20.5. The van der Waals surface area contributed by atoms with E-state index in [1.165, 1.54) is 23.3 Å². The minimum atomic E-state index is -3.72. The van der Waals surface area contributed by atoms with Gasteiger partial charge in [0.1, 0.15) is 0 Å². The van der Waals surface area contributed by atoms with E-state index in [2.05, 4.69) is 46.1 Å². The van der Waals surface area contributed by atoms with Crippen molar-refractivity contribution in [3.05, 3.63) is 89.0 Å². The van der Waals surface area contributed by atoms with Crippen LogP contribution in [0.4, 0.5) is 11.4 Å². The molecule has 1 saturated heterocycles. The van der Waals surface area contributed by atoms with E-state index >= 15 is 0 Å². The molecular formula is C28H33N3O3S. The number of likely N-dealkylation sites (tertiary alicyclic amines) is 1. The highest BCUT2D eigenvalue weighted by molar-refractivity contribution is 7.92. The molecule has 0 bridgehead atoms. The second-order valence-corrected chi connectivity index (χ2v) is 11.1. The van der Waals surface area contributed by atoms with Crippen molar-refractivity contribution in [3.63, 3.8) is 0 Å². The van der Waals surface area contributed by atoms with Gasteiger partial charge in [-0.05, 0) is 99.3 Å². The van der Waals surface area contributed by atoms with Gasteiger partial charge in [0.2, 0.25) is 5.91 Å². The molecule has 2 N–H and O–H groups in total. The maximum atomic E-state index is 12.8. The van der Waals surface area contributed by atoms with Crippen LogP contribution in [-0.4, -0.2) is 32.3 Å². The van der Waals surface area contributed by atoms with E-state index in [1.807, 2.05) is 32.0 Å². The fraction of sp³-hybridized carbons (Fsp3) is 0.321. The molecule has 1 amide bonds. The van der Waals surface area contributed by atoms with E-state index < -0.39 is 10.0 Å². The zero-order valence-corrected chi connectivity index (χ0v) is 21.4. The van der Waals surface area contributed by atoms with Crippen molar-refractivity contribution in [3.8, 4) is 0 Å². The molecule has 35 heavy (non-hydrogen) atoms. The van der Waals surface area contributed by atoms with Gasteiger partial charge in [0, 0.05) is 18.2 Å². The van der Waals surface area contributed by atoms with Crippen molar-refractivity contribution < 1.29 is 13.2 Å². The predicted octanol–water partition coefficient (Wildman–Crippen LogP) is 5.26. The Morgan fingerprint density at radius 2 is 1.60 bits per heavy atom. The SMILES string of the molecule is Cc1ccc(C)c(NS(=O)(=O)c2ccc(NC(=O)C3CCN(Cc4ccccc4C)CC3)cc2)c1. The fourth-order valence-electron chi connectivity index (χ4n) is 4.39. The van der Waals surface area contributed by atoms with Crippen molar-refractivity contribution >= 4 is 27.3 Å². The first-order chi connectivity index (χ1) is 16.7. The lowest BCUT2D eigenvalue weighted by Crippen LogP contribution is -2.37. The molecule has 6 nitrogen and oxygen atoms in total. The monoisotopic (exact) mass is 491 g/mol. The van der Waals surface area contributed by atoms with Gasteiger partial charge in [-0.15, -0.1) is 0 Å². The summed E-state index contributed by atoms with van der Waals surface area (Å²) in [5.41, 5.74) is 5.62. The highest BCUT2D eigenvalue weighted by atomic mass is 32.2. The molecule has 184 valence electrons. The van der Waals surface area contributed by atoms with Gasteiger partial charge in [0.05, 0.1) is 10.6 Å². The molecule has 0 atom stereocenters. The number of hydrogen-bond donors (Lipinski definition) is 2. The van der Waals surface area contributed by atoms with Crippen molar-refractivity contribution in [1.82, 2.24) is 4.90 Å². The lowest BCUT2D eigenvalue weighted by Gasteiger charge is -2.31. The minimum absolute atomic E-state index is 0.00957. The molecule has 1 aliphatic heterocycles. The molecule has 0 saturated carbocycles. The summed E-state index contributed by atoms with van der Waals surface area (Å²) in [6.07, 6.45) is 1.62. The van der Waals surface area contributed by atoms with Gasteiger partial charge in [-0.3, -0.25) is 14.4 Å². The van der Waals surface area contributed by atoms with Crippen LogP contribution in [0.1, 0.15) is 35.1 Å². The third-order valence-electron chi connectivity index (χ3n) is 6.68. The third-order valence-corrected chi connectivity index (χ3v) is 8.06. The maximum Gasteiger partial charge on any atom is 0.261 e. The Morgan fingerprint density at radius 1 is 0.914 bits per heavy atom. The first-order valence-electron chi connectivity index (χ1n) is 12.0. The topological polar surface area (TPSA) is 78.5 Å². The number of aryl methyl sites for hydroxylation is 3. The van der Waals surface area contributed by atoms with Gasteiger partial charge >= 0.3 is 0 Å². The van der Waals surface area contributed by atoms with Gasteiger partial charge in [-0.2, -0.15) is 0 Å². The van der Waals surface area contributed by atoms with E-state index in [4.69, 9.17) is 0 Å². The summed E-state index contributed by atoms with van der Waals surface area (Å²) in [7, 11) is -3.72. The lowest BCUT2D eigenvalue weighted by atomic mass is 9.95. The van der Waals surface area contributed by atoms with E-state index in [-0.39, 0.29) is 16.7 Å². The molecule has 1 heterocycles. The van der Waals surface area contributed by atoms with Crippen molar-refractivity contribution in [2.75, 3.05) is 23.1 Å². The van der Waals surface area contributed by atoms with Crippen LogP contribution in [0, 0.1) is 26.7 Å². The van der Waals surface area contributed by atoms with Crippen LogP contribution in [0.2, 0.25) is 0 Å². The summed E-state index contributed by atoms with van der Waals surface area (Å²) in [5.74, 6) is -0.0536. The number of nitrogens with zero attached hydrogens (tertiary/aromatic N) is 1. The van der Waals surface area contributed by atoms with Gasteiger partial charge in [-0.1, -0.05) is 36.4 Å². The third kappa shape index (κ3) is 6.29. The first-order valence-corrected chi connectivity index (χ1v) is 13.5. The summed E-state index contributed by atoms with van der Waals surface area (Å²) in [5, 5.41) is 2.96. The molecule has 1 fully saturated rings. The number of nitrogens with one attached hydrogen (secondary N) is 2. The van der Waals surface area contributed by atoms with Crippen LogP contribution in [0.25, 0.3) is 0 Å². The molecule has 1 aliphatic rings. The van der Waals surface area contributed by atoms with E-state index in [1.54, 1.807) is 12.1 Å². The number of hydrogen-bond acceptors (Lipinski definition) is 4. The van der Waals surface area contributed by atoms with E-state index in [0.717, 1.165) is 43.6 Å². The van der Waals surface area contributed by atoms with E-state index in [9.17, 15) is 13.2 Å². The summed E-state index contributed by atoms with van der Waals surface area (Å²) < 4.78 is 28.3. The number of rotatable bonds is 7. The molecule has 0 aromatic heterocycles. The number of carbonyl (C=O) groups is 1. The summed E-state index contributed by atoms with van der Waals surface area (Å²) in [6, 6.07) is 20.4. The van der Waals surface area contributed by atoms with Crippen molar-refractivity contribution in [2.24, 2.45) is 5.92 Å². The average Bonchev–Trinajstić information content (AvgIpc) is 2.83. The molecule has 0 unspecified atom stereocenters.